The number of nitrogens with zero attached hydrogens (tertiary/aromatic N) is 2. The van der Waals surface area contributed by atoms with Gasteiger partial charge in [0.2, 0.25) is 11.7 Å². The Labute approximate surface area is 110 Å². The third-order valence-electron chi connectivity index (χ3n) is 3.33. The molecule has 0 amide bonds. The van der Waals surface area contributed by atoms with Crippen molar-refractivity contribution in [2.45, 2.75) is 25.4 Å². The molecule has 1 fully saturated rings. The standard InChI is InChI=1S/C12H17N3O4/c1-19-11-5-4-10(15(17)18)12(14-11)13-7-8-2-3-9(16)6-8/h4-5,8-9,16H,2-3,6-7H2,1H3,(H,13,14). The molecule has 1 aliphatic carbocycles. The predicted octanol–water partition coefficient (Wildman–Crippen LogP) is 1.57. The molecule has 1 aliphatic rings. The summed E-state index contributed by atoms with van der Waals surface area (Å²) in [7, 11) is 1.46. The highest BCUT2D eigenvalue weighted by Crippen LogP contribution is 2.28. The lowest BCUT2D eigenvalue weighted by atomic mass is 10.1. The van der Waals surface area contributed by atoms with Gasteiger partial charge in [-0.25, -0.2) is 0 Å². The van der Waals surface area contributed by atoms with E-state index in [-0.39, 0.29) is 17.6 Å². The highest BCUT2D eigenvalue weighted by Gasteiger charge is 2.24. The normalized spacial score (nSPS) is 22.2. The average Bonchev–Trinajstić information content (AvgIpc) is 2.81. The maximum atomic E-state index is 10.9. The Kier molecular flexibility index (Phi) is 4.16. The van der Waals surface area contributed by atoms with Crippen LogP contribution in [0.3, 0.4) is 0 Å². The second-order valence-corrected chi connectivity index (χ2v) is 4.69. The number of aromatic nitrogens is 1. The molecule has 1 heterocycles. The summed E-state index contributed by atoms with van der Waals surface area (Å²) in [6.07, 6.45) is 2.19. The quantitative estimate of drug-likeness (QED) is 0.620. The molecule has 7 nitrogen and oxygen atoms in total. The van der Waals surface area contributed by atoms with E-state index in [9.17, 15) is 15.2 Å². The molecule has 1 saturated carbocycles. The number of pyridine rings is 1. The molecule has 2 N–H and O–H groups in total. The van der Waals surface area contributed by atoms with Gasteiger partial charge in [0.15, 0.2) is 0 Å². The van der Waals surface area contributed by atoms with Crippen LogP contribution in [0.1, 0.15) is 19.3 Å². The van der Waals surface area contributed by atoms with Crippen LogP contribution < -0.4 is 10.1 Å². The molecule has 0 spiro atoms. The second-order valence-electron chi connectivity index (χ2n) is 4.69. The van der Waals surface area contributed by atoms with E-state index in [0.717, 1.165) is 19.3 Å². The summed E-state index contributed by atoms with van der Waals surface area (Å²) in [5.41, 5.74) is -0.0701. The van der Waals surface area contributed by atoms with Crippen molar-refractivity contribution in [2.75, 3.05) is 19.0 Å². The van der Waals surface area contributed by atoms with E-state index in [1.54, 1.807) is 0 Å². The summed E-state index contributed by atoms with van der Waals surface area (Å²) in [5.74, 6) is 0.868. The van der Waals surface area contributed by atoms with Crippen LogP contribution in [0.4, 0.5) is 11.5 Å². The van der Waals surface area contributed by atoms with E-state index < -0.39 is 4.92 Å². The molecule has 7 heteroatoms. The van der Waals surface area contributed by atoms with Crippen LogP contribution in [0, 0.1) is 16.0 Å². The van der Waals surface area contributed by atoms with Gasteiger partial charge in [-0.15, -0.1) is 0 Å². The van der Waals surface area contributed by atoms with E-state index >= 15 is 0 Å². The van der Waals surface area contributed by atoms with E-state index in [1.807, 2.05) is 0 Å². The fraction of sp³-hybridized carbons (Fsp3) is 0.583. The lowest BCUT2D eigenvalue weighted by molar-refractivity contribution is -0.384. The molecule has 0 aromatic carbocycles. The monoisotopic (exact) mass is 267 g/mol. The minimum absolute atomic E-state index is 0.0701. The third kappa shape index (κ3) is 3.31. The number of aliphatic hydroxyl groups is 1. The SMILES string of the molecule is COc1ccc([N+](=O)[O-])c(NCC2CCC(O)C2)n1. The van der Waals surface area contributed by atoms with Crippen molar-refractivity contribution in [2.24, 2.45) is 5.92 Å². The highest BCUT2D eigenvalue weighted by atomic mass is 16.6. The Hall–Kier alpha value is -1.89. The lowest BCUT2D eigenvalue weighted by Gasteiger charge is -2.12. The summed E-state index contributed by atoms with van der Waals surface area (Å²) >= 11 is 0. The summed E-state index contributed by atoms with van der Waals surface area (Å²) in [4.78, 5) is 14.5. The Morgan fingerprint density at radius 1 is 1.58 bits per heavy atom. The second kappa shape index (κ2) is 5.83. The van der Waals surface area contributed by atoms with Gasteiger partial charge in [0.05, 0.1) is 18.1 Å². The zero-order valence-corrected chi connectivity index (χ0v) is 10.7. The van der Waals surface area contributed by atoms with Crippen LogP contribution >= 0.6 is 0 Å². The number of nitro groups is 1. The van der Waals surface area contributed by atoms with Gasteiger partial charge in [-0.05, 0) is 25.2 Å². The van der Waals surface area contributed by atoms with Crippen LogP contribution in [-0.2, 0) is 0 Å². The maximum absolute atomic E-state index is 10.9. The van der Waals surface area contributed by atoms with E-state index in [2.05, 4.69) is 10.3 Å². The zero-order valence-electron chi connectivity index (χ0n) is 10.7. The van der Waals surface area contributed by atoms with Crippen molar-refractivity contribution in [1.82, 2.24) is 4.98 Å². The molecule has 0 saturated heterocycles. The number of hydrogen-bond acceptors (Lipinski definition) is 6. The number of rotatable bonds is 5. The van der Waals surface area contributed by atoms with Crippen molar-refractivity contribution in [3.63, 3.8) is 0 Å². The fourth-order valence-electron chi connectivity index (χ4n) is 2.30. The molecule has 1 aromatic rings. The van der Waals surface area contributed by atoms with Gasteiger partial charge in [-0.3, -0.25) is 10.1 Å². The van der Waals surface area contributed by atoms with Crippen molar-refractivity contribution in [1.29, 1.82) is 0 Å². The van der Waals surface area contributed by atoms with Gasteiger partial charge in [-0.1, -0.05) is 0 Å². The van der Waals surface area contributed by atoms with Crippen LogP contribution in [0.25, 0.3) is 0 Å². The number of aliphatic hydroxyl groups excluding tert-OH is 1. The first-order valence-electron chi connectivity index (χ1n) is 6.21. The summed E-state index contributed by atoms with van der Waals surface area (Å²) in [6, 6.07) is 2.83. The zero-order chi connectivity index (χ0) is 13.8. The third-order valence-corrected chi connectivity index (χ3v) is 3.33. The van der Waals surface area contributed by atoms with Gasteiger partial charge in [0, 0.05) is 18.7 Å². The highest BCUT2D eigenvalue weighted by molar-refractivity contribution is 5.57. The molecule has 104 valence electrons. The number of ether oxygens (including phenoxy) is 1. The summed E-state index contributed by atoms with van der Waals surface area (Å²) < 4.78 is 4.96. The average molecular weight is 267 g/mol. The van der Waals surface area contributed by atoms with Crippen LogP contribution in [-0.4, -0.2) is 34.8 Å². The number of hydrogen-bond donors (Lipinski definition) is 2. The molecule has 0 radical (unpaired) electrons. The molecule has 1 aromatic heterocycles. The first-order chi connectivity index (χ1) is 9.10. The molecular weight excluding hydrogens is 250 g/mol. The van der Waals surface area contributed by atoms with Crippen LogP contribution in [0.5, 0.6) is 5.88 Å². The Bertz CT molecular complexity index is 466. The number of nitrogens with one attached hydrogen (secondary N) is 1. The van der Waals surface area contributed by atoms with Gasteiger partial charge >= 0.3 is 5.69 Å². The predicted molar refractivity (Wildman–Crippen MR) is 69.3 cm³/mol. The van der Waals surface area contributed by atoms with Gasteiger partial charge in [-0.2, -0.15) is 4.98 Å². The van der Waals surface area contributed by atoms with Crippen molar-refractivity contribution < 1.29 is 14.8 Å². The molecule has 2 atom stereocenters. The van der Waals surface area contributed by atoms with Crippen LogP contribution in [0.15, 0.2) is 12.1 Å². The van der Waals surface area contributed by atoms with E-state index in [0.29, 0.717) is 18.3 Å². The van der Waals surface area contributed by atoms with E-state index in [1.165, 1.54) is 19.2 Å². The van der Waals surface area contributed by atoms with Gasteiger partial charge in [0.1, 0.15) is 0 Å². The fourth-order valence-corrected chi connectivity index (χ4v) is 2.30. The minimum Gasteiger partial charge on any atom is -0.481 e. The molecule has 19 heavy (non-hydrogen) atoms. The maximum Gasteiger partial charge on any atom is 0.311 e. The van der Waals surface area contributed by atoms with Gasteiger partial charge < -0.3 is 15.2 Å². The van der Waals surface area contributed by atoms with Crippen molar-refractivity contribution in [3.05, 3.63) is 22.2 Å². The first kappa shape index (κ1) is 13.5. The molecule has 0 bridgehead atoms. The van der Waals surface area contributed by atoms with E-state index in [4.69, 9.17) is 4.74 Å². The Balaban J connectivity index is 2.06. The minimum atomic E-state index is -0.474. The van der Waals surface area contributed by atoms with Gasteiger partial charge in [0.25, 0.3) is 0 Å². The number of methoxy groups -OCH3 is 1. The summed E-state index contributed by atoms with van der Waals surface area (Å²) in [5, 5.41) is 23.4. The summed E-state index contributed by atoms with van der Waals surface area (Å²) in [6.45, 7) is 0.568. The topological polar surface area (TPSA) is 97.5 Å². The molecular formula is C12H17N3O4. The Morgan fingerprint density at radius 3 is 2.95 bits per heavy atom. The van der Waals surface area contributed by atoms with Crippen molar-refractivity contribution >= 4 is 11.5 Å². The smallest absolute Gasteiger partial charge is 0.311 e. The van der Waals surface area contributed by atoms with Crippen LogP contribution in [0.2, 0.25) is 0 Å². The lowest BCUT2D eigenvalue weighted by Crippen LogP contribution is -2.14. The number of anilines is 1. The van der Waals surface area contributed by atoms with Crippen molar-refractivity contribution in [3.8, 4) is 5.88 Å². The first-order valence-corrected chi connectivity index (χ1v) is 6.21. The Morgan fingerprint density at radius 2 is 2.37 bits per heavy atom. The molecule has 2 unspecified atom stereocenters. The largest absolute Gasteiger partial charge is 0.481 e. The molecule has 2 rings (SSSR count). The molecule has 0 aliphatic heterocycles.